The lowest BCUT2D eigenvalue weighted by molar-refractivity contribution is 0.102. The molecule has 1 saturated heterocycles. The van der Waals surface area contributed by atoms with Crippen molar-refractivity contribution in [3.05, 3.63) is 30.2 Å². The zero-order valence-corrected chi connectivity index (χ0v) is 12.4. The predicted octanol–water partition coefficient (Wildman–Crippen LogP) is 4.09. The van der Waals surface area contributed by atoms with Gasteiger partial charge in [-0.3, -0.25) is 0 Å². The van der Waals surface area contributed by atoms with Crippen molar-refractivity contribution in [2.24, 2.45) is 0 Å². The molecule has 2 atom stereocenters. The molecule has 19 heavy (non-hydrogen) atoms. The average molecular weight is 324 g/mol. The van der Waals surface area contributed by atoms with Crippen molar-refractivity contribution in [1.29, 1.82) is 0 Å². The number of fused-ring (bicyclic) bond motifs is 1. The van der Waals surface area contributed by atoms with Gasteiger partial charge in [-0.05, 0) is 37.8 Å². The summed E-state index contributed by atoms with van der Waals surface area (Å²) in [4.78, 5) is 4.91. The number of rotatable bonds is 5. The molecule has 0 aliphatic carbocycles. The number of alkyl halides is 1. The maximum atomic E-state index is 5.74. The molecule has 1 aromatic heterocycles. The molecule has 2 aromatic rings. The smallest absolute Gasteiger partial charge is 0.196 e. The highest BCUT2D eigenvalue weighted by molar-refractivity contribution is 9.09. The molecular formula is C15H18BrNO2. The number of ether oxygens (including phenoxy) is 1. The van der Waals surface area contributed by atoms with Gasteiger partial charge in [0, 0.05) is 17.9 Å². The van der Waals surface area contributed by atoms with Gasteiger partial charge in [-0.2, -0.15) is 0 Å². The molecule has 1 aliphatic heterocycles. The number of halogens is 1. The minimum absolute atomic E-state index is 0.407. The number of hydrogen-bond donors (Lipinski definition) is 0. The highest BCUT2D eigenvalue weighted by Gasteiger charge is 2.18. The minimum atomic E-state index is 0.407. The fraction of sp³-hybridized carbons (Fsp3) is 0.533. The van der Waals surface area contributed by atoms with E-state index in [2.05, 4.69) is 20.9 Å². The van der Waals surface area contributed by atoms with E-state index in [1.54, 1.807) is 0 Å². The zero-order chi connectivity index (χ0) is 13.1. The highest BCUT2D eigenvalue weighted by Crippen LogP contribution is 2.23. The first kappa shape index (κ1) is 13.1. The molecule has 0 bridgehead atoms. The second kappa shape index (κ2) is 6.06. The van der Waals surface area contributed by atoms with Crippen LogP contribution in [-0.4, -0.2) is 22.5 Å². The number of nitrogens with zero attached hydrogens (tertiary/aromatic N) is 1. The zero-order valence-electron chi connectivity index (χ0n) is 10.8. The normalized spacial score (nSPS) is 21.0. The van der Waals surface area contributed by atoms with Crippen LogP contribution in [0.5, 0.6) is 0 Å². The molecule has 2 heterocycles. The van der Waals surface area contributed by atoms with Gasteiger partial charge in [0.15, 0.2) is 11.5 Å². The van der Waals surface area contributed by atoms with Gasteiger partial charge >= 0.3 is 0 Å². The molecule has 2 unspecified atom stereocenters. The van der Waals surface area contributed by atoms with Gasteiger partial charge in [-0.1, -0.05) is 28.1 Å². The van der Waals surface area contributed by atoms with Crippen LogP contribution >= 0.6 is 15.9 Å². The first-order chi connectivity index (χ1) is 9.31. The molecule has 3 nitrogen and oxygen atoms in total. The van der Waals surface area contributed by atoms with Crippen molar-refractivity contribution in [2.45, 2.75) is 43.0 Å². The fourth-order valence-electron chi connectivity index (χ4n) is 2.54. The third-order valence-corrected chi connectivity index (χ3v) is 4.34. The van der Waals surface area contributed by atoms with E-state index in [0.717, 1.165) is 42.9 Å². The van der Waals surface area contributed by atoms with Gasteiger partial charge in [0.2, 0.25) is 0 Å². The Morgan fingerprint density at radius 3 is 3.05 bits per heavy atom. The Kier molecular flexibility index (Phi) is 4.18. The van der Waals surface area contributed by atoms with Gasteiger partial charge in [0.1, 0.15) is 5.52 Å². The second-order valence-electron chi connectivity index (χ2n) is 5.09. The minimum Gasteiger partial charge on any atom is -0.441 e. The van der Waals surface area contributed by atoms with Crippen molar-refractivity contribution >= 4 is 27.0 Å². The van der Waals surface area contributed by atoms with Crippen molar-refractivity contribution in [1.82, 2.24) is 4.98 Å². The van der Waals surface area contributed by atoms with Crippen molar-refractivity contribution in [3.63, 3.8) is 0 Å². The van der Waals surface area contributed by atoms with Crippen molar-refractivity contribution < 1.29 is 9.15 Å². The van der Waals surface area contributed by atoms with Crippen LogP contribution in [0.25, 0.3) is 11.1 Å². The van der Waals surface area contributed by atoms with Crippen molar-refractivity contribution in [3.8, 4) is 0 Å². The Morgan fingerprint density at radius 1 is 1.37 bits per heavy atom. The van der Waals surface area contributed by atoms with Gasteiger partial charge < -0.3 is 9.15 Å². The molecule has 4 heteroatoms. The quantitative estimate of drug-likeness (QED) is 0.777. The highest BCUT2D eigenvalue weighted by atomic mass is 79.9. The summed E-state index contributed by atoms with van der Waals surface area (Å²) in [5, 5.41) is 0. The van der Waals surface area contributed by atoms with Crippen LogP contribution < -0.4 is 0 Å². The Balaban J connectivity index is 1.54. The van der Waals surface area contributed by atoms with E-state index in [0.29, 0.717) is 10.9 Å². The van der Waals surface area contributed by atoms with Crippen LogP contribution in [-0.2, 0) is 11.2 Å². The summed E-state index contributed by atoms with van der Waals surface area (Å²) >= 11 is 3.72. The van der Waals surface area contributed by atoms with Crippen molar-refractivity contribution in [2.75, 3.05) is 6.61 Å². The lowest BCUT2D eigenvalue weighted by atomic mass is 10.1. The maximum absolute atomic E-state index is 5.74. The second-order valence-corrected chi connectivity index (χ2v) is 6.38. The number of para-hydroxylation sites is 2. The van der Waals surface area contributed by atoms with Gasteiger partial charge in [-0.15, -0.1) is 0 Å². The molecule has 0 radical (unpaired) electrons. The predicted molar refractivity (Wildman–Crippen MR) is 78.6 cm³/mol. The van der Waals surface area contributed by atoms with Gasteiger partial charge in [-0.25, -0.2) is 4.98 Å². The molecule has 1 aromatic carbocycles. The van der Waals surface area contributed by atoms with Gasteiger partial charge in [0.25, 0.3) is 0 Å². The van der Waals surface area contributed by atoms with E-state index in [9.17, 15) is 0 Å². The molecule has 0 amide bonds. The third kappa shape index (κ3) is 3.37. The summed E-state index contributed by atoms with van der Waals surface area (Å²) in [6.45, 7) is 0.933. The first-order valence-corrected chi connectivity index (χ1v) is 7.83. The fourth-order valence-corrected chi connectivity index (χ4v) is 3.08. The average Bonchev–Trinajstić information content (AvgIpc) is 3.04. The van der Waals surface area contributed by atoms with E-state index < -0.39 is 0 Å². The molecule has 3 rings (SSSR count). The summed E-state index contributed by atoms with van der Waals surface area (Å²) in [5.74, 6) is 0.815. The first-order valence-electron chi connectivity index (χ1n) is 6.91. The van der Waals surface area contributed by atoms with E-state index >= 15 is 0 Å². The van der Waals surface area contributed by atoms with E-state index in [4.69, 9.17) is 9.15 Å². The number of hydrogen-bond acceptors (Lipinski definition) is 3. The lowest BCUT2D eigenvalue weighted by Crippen LogP contribution is -2.10. The van der Waals surface area contributed by atoms with Crippen LogP contribution in [0.3, 0.4) is 0 Å². The molecular weight excluding hydrogens is 306 g/mol. The van der Waals surface area contributed by atoms with Gasteiger partial charge in [0.05, 0.1) is 6.10 Å². The summed E-state index contributed by atoms with van der Waals surface area (Å²) in [6, 6.07) is 7.90. The van der Waals surface area contributed by atoms with Crippen LogP contribution in [0, 0.1) is 0 Å². The largest absolute Gasteiger partial charge is 0.441 e. The van der Waals surface area contributed by atoms with Crippen LogP contribution in [0.1, 0.15) is 31.6 Å². The maximum Gasteiger partial charge on any atom is 0.196 e. The SMILES string of the molecule is BrC(CCC1CCCO1)Cc1nc2ccccc2o1. The Bertz CT molecular complexity index is 501. The summed E-state index contributed by atoms with van der Waals surface area (Å²) < 4.78 is 11.4. The Labute approximate surface area is 121 Å². The summed E-state index contributed by atoms with van der Waals surface area (Å²) in [5.41, 5.74) is 1.81. The van der Waals surface area contributed by atoms with E-state index in [1.165, 1.54) is 12.8 Å². The van der Waals surface area contributed by atoms with E-state index in [-0.39, 0.29) is 0 Å². The molecule has 102 valence electrons. The Hall–Kier alpha value is -0.870. The summed E-state index contributed by atoms with van der Waals surface area (Å²) in [6.07, 6.45) is 5.94. The molecule has 0 saturated carbocycles. The standard InChI is InChI=1S/C15H18BrNO2/c16-11(7-8-12-4-3-9-18-12)10-15-17-13-5-1-2-6-14(13)19-15/h1-2,5-6,11-12H,3-4,7-10H2. The van der Waals surface area contributed by atoms with Crippen LogP contribution in [0.15, 0.2) is 28.7 Å². The number of benzene rings is 1. The lowest BCUT2D eigenvalue weighted by Gasteiger charge is -2.11. The topological polar surface area (TPSA) is 35.3 Å². The molecule has 1 fully saturated rings. The molecule has 1 aliphatic rings. The monoisotopic (exact) mass is 323 g/mol. The summed E-state index contributed by atoms with van der Waals surface area (Å²) in [7, 11) is 0. The molecule has 0 spiro atoms. The number of aromatic nitrogens is 1. The third-order valence-electron chi connectivity index (χ3n) is 3.56. The van der Waals surface area contributed by atoms with E-state index in [1.807, 2.05) is 24.3 Å². The van der Waals surface area contributed by atoms with Crippen LogP contribution in [0.4, 0.5) is 0 Å². The molecule has 0 N–H and O–H groups in total. The number of oxazole rings is 1. The Morgan fingerprint density at radius 2 is 2.26 bits per heavy atom. The van der Waals surface area contributed by atoms with Crippen LogP contribution in [0.2, 0.25) is 0 Å².